The molecule has 1 aliphatic rings. The lowest BCUT2D eigenvalue weighted by Gasteiger charge is -2.32. The molecule has 0 saturated carbocycles. The van der Waals surface area contributed by atoms with Crippen LogP contribution in [0.3, 0.4) is 0 Å². The van der Waals surface area contributed by atoms with E-state index in [1.54, 1.807) is 0 Å². The molecule has 1 aromatic heterocycles. The number of thiophene rings is 1. The molecule has 1 amide bonds. The zero-order chi connectivity index (χ0) is 10.7. The van der Waals surface area contributed by atoms with Gasteiger partial charge in [-0.25, -0.2) is 0 Å². The standard InChI is InChI=1S/C11H16N2OS/c1-12-9-4-2-6-13(8-9)11(14)10-5-3-7-15-10/h3,5,7,9,12H,2,4,6,8H2,1H3/t9-/m1/s1. The number of likely N-dealkylation sites (N-methyl/N-ethyl adjacent to an activating group) is 1. The fourth-order valence-corrected chi connectivity index (χ4v) is 2.64. The van der Waals surface area contributed by atoms with Crippen molar-refractivity contribution in [1.29, 1.82) is 0 Å². The Morgan fingerprint density at radius 2 is 2.53 bits per heavy atom. The summed E-state index contributed by atoms with van der Waals surface area (Å²) >= 11 is 1.52. The number of nitrogens with zero attached hydrogens (tertiary/aromatic N) is 1. The van der Waals surface area contributed by atoms with Crippen molar-refractivity contribution in [2.24, 2.45) is 0 Å². The third-order valence-electron chi connectivity index (χ3n) is 2.85. The molecule has 1 saturated heterocycles. The van der Waals surface area contributed by atoms with Crippen molar-refractivity contribution >= 4 is 17.2 Å². The van der Waals surface area contributed by atoms with Gasteiger partial charge in [0.25, 0.3) is 5.91 Å². The number of amides is 1. The van der Waals surface area contributed by atoms with Crippen molar-refractivity contribution in [2.75, 3.05) is 20.1 Å². The van der Waals surface area contributed by atoms with E-state index in [0.29, 0.717) is 6.04 Å². The van der Waals surface area contributed by atoms with Gasteiger partial charge >= 0.3 is 0 Å². The van der Waals surface area contributed by atoms with E-state index in [4.69, 9.17) is 0 Å². The molecule has 0 aliphatic carbocycles. The quantitative estimate of drug-likeness (QED) is 0.827. The van der Waals surface area contributed by atoms with Crippen LogP contribution in [-0.4, -0.2) is 37.0 Å². The lowest BCUT2D eigenvalue weighted by atomic mass is 10.1. The van der Waals surface area contributed by atoms with E-state index < -0.39 is 0 Å². The molecule has 15 heavy (non-hydrogen) atoms. The van der Waals surface area contributed by atoms with Crippen LogP contribution in [0.5, 0.6) is 0 Å². The van der Waals surface area contributed by atoms with E-state index in [1.165, 1.54) is 17.8 Å². The Labute approximate surface area is 94.1 Å². The summed E-state index contributed by atoms with van der Waals surface area (Å²) in [7, 11) is 1.96. The van der Waals surface area contributed by atoms with Crippen LogP contribution < -0.4 is 5.32 Å². The lowest BCUT2D eigenvalue weighted by Crippen LogP contribution is -2.46. The van der Waals surface area contributed by atoms with Gasteiger partial charge in [0.2, 0.25) is 0 Å². The summed E-state index contributed by atoms with van der Waals surface area (Å²) in [5, 5.41) is 5.19. The number of carbonyl (C=O) groups is 1. The molecule has 0 unspecified atom stereocenters. The highest BCUT2D eigenvalue weighted by Crippen LogP contribution is 2.16. The summed E-state index contributed by atoms with van der Waals surface area (Å²) in [5.41, 5.74) is 0. The van der Waals surface area contributed by atoms with Crippen molar-refractivity contribution in [2.45, 2.75) is 18.9 Å². The van der Waals surface area contributed by atoms with Crippen molar-refractivity contribution in [3.05, 3.63) is 22.4 Å². The first-order valence-corrected chi connectivity index (χ1v) is 6.19. The van der Waals surface area contributed by atoms with Gasteiger partial charge < -0.3 is 10.2 Å². The maximum Gasteiger partial charge on any atom is 0.263 e. The highest BCUT2D eigenvalue weighted by molar-refractivity contribution is 7.12. The highest BCUT2D eigenvalue weighted by Gasteiger charge is 2.23. The van der Waals surface area contributed by atoms with Crippen molar-refractivity contribution < 1.29 is 4.79 Å². The van der Waals surface area contributed by atoms with Crippen LogP contribution in [0.2, 0.25) is 0 Å². The fraction of sp³-hybridized carbons (Fsp3) is 0.545. The smallest absolute Gasteiger partial charge is 0.263 e. The van der Waals surface area contributed by atoms with E-state index >= 15 is 0 Å². The Bertz CT molecular complexity index is 323. The second kappa shape index (κ2) is 4.77. The van der Waals surface area contributed by atoms with Crippen LogP contribution in [0.15, 0.2) is 17.5 Å². The lowest BCUT2D eigenvalue weighted by molar-refractivity contribution is 0.0703. The largest absolute Gasteiger partial charge is 0.336 e. The molecule has 2 rings (SSSR count). The predicted octanol–water partition coefficient (Wildman–Crippen LogP) is 1.57. The third kappa shape index (κ3) is 2.38. The Morgan fingerprint density at radius 1 is 1.67 bits per heavy atom. The molecule has 82 valence electrons. The number of piperidine rings is 1. The van der Waals surface area contributed by atoms with Gasteiger partial charge in [-0.3, -0.25) is 4.79 Å². The average Bonchev–Trinajstić information content (AvgIpc) is 2.81. The van der Waals surface area contributed by atoms with E-state index in [-0.39, 0.29) is 5.91 Å². The molecule has 1 aliphatic heterocycles. The SMILES string of the molecule is CN[C@@H]1CCCN(C(=O)c2cccs2)C1. The highest BCUT2D eigenvalue weighted by atomic mass is 32.1. The van der Waals surface area contributed by atoms with Crippen LogP contribution in [-0.2, 0) is 0 Å². The first kappa shape index (κ1) is 10.6. The molecule has 1 aromatic rings. The molecule has 1 fully saturated rings. The summed E-state index contributed by atoms with van der Waals surface area (Å²) in [6, 6.07) is 4.29. The van der Waals surface area contributed by atoms with Gasteiger partial charge in [-0.15, -0.1) is 11.3 Å². The maximum atomic E-state index is 12.0. The predicted molar refractivity (Wildman–Crippen MR) is 62.3 cm³/mol. The van der Waals surface area contributed by atoms with Gasteiger partial charge in [0.05, 0.1) is 4.88 Å². The van der Waals surface area contributed by atoms with Crippen molar-refractivity contribution in [1.82, 2.24) is 10.2 Å². The summed E-state index contributed by atoms with van der Waals surface area (Å²) in [6.45, 7) is 1.74. The van der Waals surface area contributed by atoms with Gasteiger partial charge in [-0.05, 0) is 31.3 Å². The van der Waals surface area contributed by atoms with E-state index in [2.05, 4.69) is 5.32 Å². The van der Waals surface area contributed by atoms with Gasteiger partial charge in [0, 0.05) is 19.1 Å². The van der Waals surface area contributed by atoms with Crippen LogP contribution in [0.4, 0.5) is 0 Å². The molecule has 1 N–H and O–H groups in total. The van der Waals surface area contributed by atoms with E-state index in [0.717, 1.165) is 24.4 Å². The normalized spacial score (nSPS) is 21.7. The van der Waals surface area contributed by atoms with Gasteiger partial charge in [0.1, 0.15) is 0 Å². The van der Waals surface area contributed by atoms with Gasteiger partial charge in [-0.2, -0.15) is 0 Å². The number of hydrogen-bond acceptors (Lipinski definition) is 3. The molecule has 0 radical (unpaired) electrons. The number of nitrogens with one attached hydrogen (secondary N) is 1. The summed E-state index contributed by atoms with van der Waals surface area (Å²) in [4.78, 5) is 14.8. The third-order valence-corrected chi connectivity index (χ3v) is 3.71. The molecule has 4 heteroatoms. The Morgan fingerprint density at radius 3 is 3.20 bits per heavy atom. The zero-order valence-corrected chi connectivity index (χ0v) is 9.72. The second-order valence-corrected chi connectivity index (χ2v) is 4.80. The summed E-state index contributed by atoms with van der Waals surface area (Å²) in [5.74, 6) is 0.185. The Kier molecular flexibility index (Phi) is 3.38. The molecule has 1 atom stereocenters. The van der Waals surface area contributed by atoms with Crippen LogP contribution in [0, 0.1) is 0 Å². The molecule has 0 aromatic carbocycles. The first-order valence-electron chi connectivity index (χ1n) is 5.31. The minimum atomic E-state index is 0.185. The molecule has 0 spiro atoms. The first-order chi connectivity index (χ1) is 7.31. The zero-order valence-electron chi connectivity index (χ0n) is 8.90. The second-order valence-electron chi connectivity index (χ2n) is 3.86. The Hall–Kier alpha value is -0.870. The minimum absolute atomic E-state index is 0.185. The van der Waals surface area contributed by atoms with Crippen molar-refractivity contribution in [3.63, 3.8) is 0 Å². The number of rotatable bonds is 2. The van der Waals surface area contributed by atoms with E-state index in [9.17, 15) is 4.79 Å². The van der Waals surface area contributed by atoms with Crippen molar-refractivity contribution in [3.8, 4) is 0 Å². The van der Waals surface area contributed by atoms with Gasteiger partial charge in [0.15, 0.2) is 0 Å². The summed E-state index contributed by atoms with van der Waals surface area (Å²) in [6.07, 6.45) is 2.27. The molecule has 0 bridgehead atoms. The van der Waals surface area contributed by atoms with Crippen LogP contribution in [0.25, 0.3) is 0 Å². The summed E-state index contributed by atoms with van der Waals surface area (Å²) < 4.78 is 0. The molecule has 2 heterocycles. The number of likely N-dealkylation sites (tertiary alicyclic amines) is 1. The van der Waals surface area contributed by atoms with Crippen LogP contribution >= 0.6 is 11.3 Å². The van der Waals surface area contributed by atoms with Gasteiger partial charge in [-0.1, -0.05) is 6.07 Å². The molecular weight excluding hydrogens is 208 g/mol. The molecule has 3 nitrogen and oxygen atoms in total. The van der Waals surface area contributed by atoms with E-state index in [1.807, 2.05) is 29.5 Å². The number of hydrogen-bond donors (Lipinski definition) is 1. The average molecular weight is 224 g/mol. The van der Waals surface area contributed by atoms with Crippen LogP contribution in [0.1, 0.15) is 22.5 Å². The molecular formula is C11H16N2OS. The monoisotopic (exact) mass is 224 g/mol. The fourth-order valence-electron chi connectivity index (χ4n) is 1.95. The maximum absolute atomic E-state index is 12.0. The topological polar surface area (TPSA) is 32.3 Å². The minimum Gasteiger partial charge on any atom is -0.336 e. The Balaban J connectivity index is 2.01. The number of carbonyl (C=O) groups excluding carboxylic acids is 1.